The fraction of sp³-hybridized carbons (Fsp3) is 0.227. The Kier molecular flexibility index (Phi) is 6.97. The molecule has 1 amide bonds. The van der Waals surface area contributed by atoms with Crippen LogP contribution in [-0.2, 0) is 9.84 Å². The first-order valence-corrected chi connectivity index (χ1v) is 11.7. The van der Waals surface area contributed by atoms with E-state index in [1.807, 2.05) is 0 Å². The maximum atomic E-state index is 13.7. The van der Waals surface area contributed by atoms with Crippen molar-refractivity contribution in [1.29, 1.82) is 0 Å². The van der Waals surface area contributed by atoms with E-state index < -0.39 is 26.8 Å². The number of ether oxygens (including phenoxy) is 2. The first kappa shape index (κ1) is 22.8. The lowest BCUT2D eigenvalue weighted by Crippen LogP contribution is -2.32. The number of sulfone groups is 1. The van der Waals surface area contributed by atoms with Crippen LogP contribution in [-0.4, -0.2) is 35.1 Å². The molecule has 0 aliphatic carbocycles. The van der Waals surface area contributed by atoms with Crippen molar-refractivity contribution in [3.63, 3.8) is 0 Å². The smallest absolute Gasteiger partial charge is 0.255 e. The van der Waals surface area contributed by atoms with Crippen LogP contribution in [0.5, 0.6) is 11.5 Å². The largest absolute Gasteiger partial charge is 0.493 e. The molecule has 0 saturated heterocycles. The maximum absolute atomic E-state index is 13.7. The highest BCUT2D eigenvalue weighted by atomic mass is 32.2. The number of hydrogen-bond acceptors (Lipinski definition) is 6. The van der Waals surface area contributed by atoms with Gasteiger partial charge in [-0.1, -0.05) is 12.1 Å². The Hall–Kier alpha value is -2.91. The molecule has 0 aliphatic heterocycles. The summed E-state index contributed by atoms with van der Waals surface area (Å²) in [5.74, 6) is -0.334. The predicted octanol–water partition coefficient (Wildman–Crippen LogP) is 4.16. The van der Waals surface area contributed by atoms with Crippen molar-refractivity contribution in [2.75, 3.05) is 20.8 Å². The molecule has 3 rings (SSSR count). The zero-order chi connectivity index (χ0) is 22.6. The average molecular weight is 464 g/mol. The van der Waals surface area contributed by atoms with Crippen molar-refractivity contribution in [2.24, 2.45) is 0 Å². The summed E-state index contributed by atoms with van der Waals surface area (Å²) < 4.78 is 50.9. The van der Waals surface area contributed by atoms with E-state index in [9.17, 15) is 17.6 Å². The van der Waals surface area contributed by atoms with Gasteiger partial charge in [-0.2, -0.15) is 0 Å². The van der Waals surface area contributed by atoms with E-state index >= 15 is 0 Å². The molecule has 1 unspecified atom stereocenters. The van der Waals surface area contributed by atoms with E-state index in [1.165, 1.54) is 44.6 Å². The zero-order valence-corrected chi connectivity index (χ0v) is 18.8. The number of carbonyl (C=O) groups excluding carboxylic acids is 1. The molecule has 1 atom stereocenters. The second-order valence-corrected chi connectivity index (χ2v) is 9.82. The molecule has 9 heteroatoms. The Labute approximate surface area is 184 Å². The number of halogens is 1. The van der Waals surface area contributed by atoms with Gasteiger partial charge in [-0.15, -0.1) is 11.3 Å². The van der Waals surface area contributed by atoms with Gasteiger partial charge >= 0.3 is 0 Å². The fourth-order valence-electron chi connectivity index (χ4n) is 3.14. The van der Waals surface area contributed by atoms with Crippen LogP contribution in [0.2, 0.25) is 0 Å². The van der Waals surface area contributed by atoms with Gasteiger partial charge in [0.25, 0.3) is 5.91 Å². The average Bonchev–Trinajstić information content (AvgIpc) is 3.29. The molecule has 3 aromatic rings. The van der Waals surface area contributed by atoms with Crippen molar-refractivity contribution in [1.82, 2.24) is 5.32 Å². The molecule has 0 saturated carbocycles. The number of nitrogens with one attached hydrogen (secondary N) is 1. The van der Waals surface area contributed by atoms with Gasteiger partial charge in [0, 0.05) is 11.4 Å². The molecule has 2 aromatic carbocycles. The third-order valence-electron chi connectivity index (χ3n) is 4.79. The number of rotatable bonds is 8. The van der Waals surface area contributed by atoms with Crippen molar-refractivity contribution in [3.05, 3.63) is 75.7 Å². The van der Waals surface area contributed by atoms with Crippen molar-refractivity contribution < 1.29 is 27.1 Å². The number of thiophene rings is 1. The standard InChI is InChI=1S/C22H22FNO5S2/c1-14-12-15(9-10-17(14)23)31(26,27)20(19-8-5-11-30-19)13-24-22(25)16-6-4-7-18(28-2)21(16)29-3/h4-12,20H,13H2,1-3H3,(H,24,25). The molecule has 1 heterocycles. The first-order chi connectivity index (χ1) is 14.8. The van der Waals surface area contributed by atoms with Crippen LogP contribution in [0.15, 0.2) is 58.8 Å². The molecule has 0 bridgehead atoms. The Morgan fingerprint density at radius 2 is 1.90 bits per heavy atom. The number of carbonyl (C=O) groups is 1. The number of para-hydroxylation sites is 1. The van der Waals surface area contributed by atoms with E-state index in [0.29, 0.717) is 10.6 Å². The minimum absolute atomic E-state index is 0.00184. The molecule has 164 valence electrons. The Morgan fingerprint density at radius 1 is 1.13 bits per heavy atom. The molecule has 6 nitrogen and oxygen atoms in total. The molecule has 1 N–H and O–H groups in total. The third-order valence-corrected chi connectivity index (χ3v) is 8.00. The van der Waals surface area contributed by atoms with Crippen LogP contribution in [0.4, 0.5) is 4.39 Å². The van der Waals surface area contributed by atoms with Gasteiger partial charge in [-0.3, -0.25) is 4.79 Å². The summed E-state index contributed by atoms with van der Waals surface area (Å²) in [5.41, 5.74) is 0.456. The lowest BCUT2D eigenvalue weighted by molar-refractivity contribution is 0.0950. The number of amides is 1. The minimum atomic E-state index is -3.90. The summed E-state index contributed by atoms with van der Waals surface area (Å²) in [5, 5.41) is 3.43. The number of aryl methyl sites for hydroxylation is 1. The molecule has 0 spiro atoms. The fourth-order valence-corrected chi connectivity index (χ4v) is 6.01. The lowest BCUT2D eigenvalue weighted by Gasteiger charge is -2.19. The number of methoxy groups -OCH3 is 2. The topological polar surface area (TPSA) is 81.7 Å². The van der Waals surface area contributed by atoms with Gasteiger partial charge in [0.15, 0.2) is 21.3 Å². The SMILES string of the molecule is COc1cccc(C(=O)NCC(c2cccs2)S(=O)(=O)c2ccc(F)c(C)c2)c1OC. The van der Waals surface area contributed by atoms with Crippen LogP contribution in [0.25, 0.3) is 0 Å². The van der Waals surface area contributed by atoms with Crippen molar-refractivity contribution in [2.45, 2.75) is 17.1 Å². The summed E-state index contributed by atoms with van der Waals surface area (Å²) >= 11 is 1.27. The summed E-state index contributed by atoms with van der Waals surface area (Å²) in [6.07, 6.45) is 0. The Morgan fingerprint density at radius 3 is 2.52 bits per heavy atom. The van der Waals surface area contributed by atoms with E-state index in [0.717, 1.165) is 6.07 Å². The van der Waals surface area contributed by atoms with Gasteiger partial charge in [0.1, 0.15) is 11.1 Å². The van der Waals surface area contributed by atoms with E-state index in [4.69, 9.17) is 9.47 Å². The van der Waals surface area contributed by atoms with Crippen molar-refractivity contribution in [3.8, 4) is 11.5 Å². The quantitative estimate of drug-likeness (QED) is 0.508. The third kappa shape index (κ3) is 4.72. The van der Waals surface area contributed by atoms with E-state index in [2.05, 4.69) is 5.32 Å². The molecule has 0 fully saturated rings. The first-order valence-electron chi connectivity index (χ1n) is 9.32. The molecule has 0 radical (unpaired) electrons. The summed E-state index contributed by atoms with van der Waals surface area (Å²) in [6.45, 7) is 1.34. The van der Waals surface area contributed by atoms with Gasteiger partial charge in [0.2, 0.25) is 0 Å². The molecule has 0 aliphatic rings. The molecular weight excluding hydrogens is 441 g/mol. The van der Waals surface area contributed by atoms with E-state index in [-0.39, 0.29) is 28.3 Å². The van der Waals surface area contributed by atoms with Gasteiger partial charge in [-0.05, 0) is 54.3 Å². The van der Waals surface area contributed by atoms with Crippen molar-refractivity contribution >= 4 is 27.1 Å². The normalized spacial score (nSPS) is 12.3. The highest BCUT2D eigenvalue weighted by molar-refractivity contribution is 7.91. The van der Waals surface area contributed by atoms with E-state index in [1.54, 1.807) is 35.7 Å². The maximum Gasteiger partial charge on any atom is 0.255 e. The summed E-state index contributed by atoms with van der Waals surface area (Å²) in [4.78, 5) is 13.4. The second kappa shape index (κ2) is 9.49. The predicted molar refractivity (Wildman–Crippen MR) is 117 cm³/mol. The summed E-state index contributed by atoms with van der Waals surface area (Å²) in [7, 11) is -1.01. The van der Waals surface area contributed by atoms with Crippen LogP contribution in [0, 0.1) is 12.7 Å². The molecule has 31 heavy (non-hydrogen) atoms. The minimum Gasteiger partial charge on any atom is -0.493 e. The number of benzene rings is 2. The highest BCUT2D eigenvalue weighted by Gasteiger charge is 2.31. The van der Waals surface area contributed by atoms with Crippen LogP contribution >= 0.6 is 11.3 Å². The Balaban J connectivity index is 1.92. The molecular formula is C22H22FNO5S2. The van der Waals surface area contributed by atoms with Gasteiger partial charge < -0.3 is 14.8 Å². The lowest BCUT2D eigenvalue weighted by atomic mass is 10.1. The second-order valence-electron chi connectivity index (χ2n) is 6.71. The monoisotopic (exact) mass is 463 g/mol. The zero-order valence-electron chi connectivity index (χ0n) is 17.2. The highest BCUT2D eigenvalue weighted by Crippen LogP contribution is 2.33. The Bertz CT molecular complexity index is 1180. The van der Waals surface area contributed by atoms with Crippen LogP contribution in [0.1, 0.15) is 26.0 Å². The van der Waals surface area contributed by atoms with Crippen LogP contribution < -0.4 is 14.8 Å². The number of hydrogen-bond donors (Lipinski definition) is 1. The van der Waals surface area contributed by atoms with Gasteiger partial charge in [-0.25, -0.2) is 12.8 Å². The van der Waals surface area contributed by atoms with Gasteiger partial charge in [0.05, 0.1) is 24.7 Å². The summed E-state index contributed by atoms with van der Waals surface area (Å²) in [6, 6.07) is 12.0. The van der Waals surface area contributed by atoms with Crippen LogP contribution in [0.3, 0.4) is 0 Å². The molecule has 1 aromatic heterocycles.